The molecule has 0 unspecified atom stereocenters. The molecule has 1 amide bonds. The molecule has 0 aromatic heterocycles. The van der Waals surface area contributed by atoms with Crippen LogP contribution < -0.4 is 4.74 Å². The minimum absolute atomic E-state index is 0.00933. The van der Waals surface area contributed by atoms with Gasteiger partial charge in [0.1, 0.15) is 12.4 Å². The highest BCUT2D eigenvalue weighted by Crippen LogP contribution is 2.35. The number of hydrogen-bond acceptors (Lipinski definition) is 7. The summed E-state index contributed by atoms with van der Waals surface area (Å²) < 4.78 is 5.92. The van der Waals surface area contributed by atoms with Gasteiger partial charge in [-0.15, -0.1) is 0 Å². The monoisotopic (exact) mass is 489 g/mol. The number of benzene rings is 3. The van der Waals surface area contributed by atoms with Gasteiger partial charge in [-0.05, 0) is 65.9 Å². The molecule has 176 valence electrons. The number of ether oxygens (including phenoxy) is 1. The highest BCUT2D eigenvalue weighted by molar-refractivity contribution is 8.18. The van der Waals surface area contributed by atoms with E-state index in [4.69, 9.17) is 9.84 Å². The maximum absolute atomic E-state index is 12.8. The van der Waals surface area contributed by atoms with Gasteiger partial charge >= 0.3 is 5.97 Å². The lowest BCUT2D eigenvalue weighted by Gasteiger charge is -2.10. The van der Waals surface area contributed by atoms with E-state index in [1.54, 1.807) is 43.5 Å². The summed E-state index contributed by atoms with van der Waals surface area (Å²) in [6.07, 6.45) is 1.73. The van der Waals surface area contributed by atoms with Crippen molar-refractivity contribution in [2.45, 2.75) is 6.61 Å². The molecule has 0 aliphatic carbocycles. The van der Waals surface area contributed by atoms with Gasteiger partial charge in [0, 0.05) is 24.7 Å². The number of thioether (sulfide) groups is 1. The Morgan fingerprint density at radius 1 is 1.11 bits per heavy atom. The van der Waals surface area contributed by atoms with E-state index in [-0.39, 0.29) is 23.8 Å². The third-order valence-corrected chi connectivity index (χ3v) is 6.15. The predicted octanol–water partition coefficient (Wildman–Crippen LogP) is 5.11. The van der Waals surface area contributed by atoms with E-state index in [9.17, 15) is 19.7 Å². The maximum atomic E-state index is 12.8. The zero-order chi connectivity index (χ0) is 24.9. The minimum Gasteiger partial charge on any atom is -0.488 e. The fourth-order valence-corrected chi connectivity index (χ4v) is 4.17. The molecule has 3 aromatic rings. The summed E-state index contributed by atoms with van der Waals surface area (Å²) in [5.41, 5.74) is 2.17. The van der Waals surface area contributed by atoms with Crippen LogP contribution >= 0.6 is 11.8 Å². The standard InChI is InChI=1S/C25H19N3O6S/c1-27-23(29)22(35-25(27)26-19-10-8-17(9-11-19)24(30)31)14-18-4-2-3-5-21(18)34-15-16-6-12-20(13-7-16)28(32)33/h2-14H,15H2,1H3,(H,30,31)/b22-14-,26-25?. The molecule has 0 saturated carbocycles. The lowest BCUT2D eigenvalue weighted by Crippen LogP contribution is -2.23. The summed E-state index contributed by atoms with van der Waals surface area (Å²) in [4.78, 5) is 40.6. The Morgan fingerprint density at radius 3 is 2.46 bits per heavy atom. The lowest BCUT2D eigenvalue weighted by atomic mass is 10.1. The first-order valence-electron chi connectivity index (χ1n) is 10.4. The van der Waals surface area contributed by atoms with Crippen LogP contribution in [0.3, 0.4) is 0 Å². The van der Waals surface area contributed by atoms with E-state index in [0.717, 1.165) is 5.56 Å². The molecule has 1 aliphatic rings. The van der Waals surface area contributed by atoms with Gasteiger partial charge in [0.2, 0.25) is 0 Å². The molecular formula is C25H19N3O6S. The molecule has 1 aliphatic heterocycles. The van der Waals surface area contributed by atoms with Crippen molar-refractivity contribution in [1.82, 2.24) is 4.90 Å². The molecule has 35 heavy (non-hydrogen) atoms. The Hall–Kier alpha value is -4.44. The van der Waals surface area contributed by atoms with Gasteiger partial charge in [0.05, 0.1) is 21.1 Å². The van der Waals surface area contributed by atoms with Gasteiger partial charge < -0.3 is 9.84 Å². The van der Waals surface area contributed by atoms with Crippen molar-refractivity contribution in [2.75, 3.05) is 7.05 Å². The van der Waals surface area contributed by atoms with E-state index < -0.39 is 10.9 Å². The third-order valence-electron chi connectivity index (χ3n) is 5.09. The first-order valence-corrected chi connectivity index (χ1v) is 11.2. The van der Waals surface area contributed by atoms with Crippen LogP contribution in [-0.4, -0.2) is 39.0 Å². The van der Waals surface area contributed by atoms with Gasteiger partial charge in [-0.25, -0.2) is 9.79 Å². The van der Waals surface area contributed by atoms with Crippen molar-refractivity contribution < 1.29 is 24.4 Å². The zero-order valence-corrected chi connectivity index (χ0v) is 19.3. The van der Waals surface area contributed by atoms with Crippen molar-refractivity contribution in [3.8, 4) is 5.75 Å². The first-order chi connectivity index (χ1) is 16.8. The van der Waals surface area contributed by atoms with Crippen molar-refractivity contribution in [2.24, 2.45) is 4.99 Å². The third kappa shape index (κ3) is 5.56. The van der Waals surface area contributed by atoms with Crippen LogP contribution in [0.2, 0.25) is 0 Å². The Bertz CT molecular complexity index is 1350. The van der Waals surface area contributed by atoms with Crippen LogP contribution in [0, 0.1) is 10.1 Å². The molecule has 1 fully saturated rings. The largest absolute Gasteiger partial charge is 0.488 e. The SMILES string of the molecule is CN1C(=O)/C(=C/c2ccccc2OCc2ccc([N+](=O)[O-])cc2)SC1=Nc1ccc(C(=O)O)cc1. The van der Waals surface area contributed by atoms with Gasteiger partial charge in [0.25, 0.3) is 11.6 Å². The summed E-state index contributed by atoms with van der Waals surface area (Å²) >= 11 is 1.21. The molecular weight excluding hydrogens is 470 g/mol. The molecule has 10 heteroatoms. The van der Waals surface area contributed by atoms with Crippen LogP contribution in [0.4, 0.5) is 11.4 Å². The molecule has 4 rings (SSSR count). The number of para-hydroxylation sites is 1. The number of amides is 1. The van der Waals surface area contributed by atoms with Crippen LogP contribution in [0.1, 0.15) is 21.5 Å². The van der Waals surface area contributed by atoms with Crippen molar-refractivity contribution in [1.29, 1.82) is 0 Å². The number of carboxylic acid groups (broad SMARTS) is 1. The molecule has 0 bridgehead atoms. The Morgan fingerprint density at radius 2 is 1.80 bits per heavy atom. The first kappa shape index (κ1) is 23.7. The quantitative estimate of drug-likeness (QED) is 0.278. The second kappa shape index (κ2) is 10.2. The summed E-state index contributed by atoms with van der Waals surface area (Å²) in [7, 11) is 1.62. The van der Waals surface area contributed by atoms with Crippen LogP contribution in [0.25, 0.3) is 6.08 Å². The Balaban J connectivity index is 1.51. The number of carboxylic acids is 1. The number of aliphatic imine (C=N–C) groups is 1. The molecule has 0 spiro atoms. The van der Waals surface area contributed by atoms with Crippen LogP contribution in [0.15, 0.2) is 82.7 Å². The molecule has 1 N–H and O–H groups in total. The number of nitro groups is 1. The maximum Gasteiger partial charge on any atom is 0.335 e. The Labute approximate surface area is 204 Å². The summed E-state index contributed by atoms with van der Waals surface area (Å²) in [6.45, 7) is 0.207. The fourth-order valence-electron chi connectivity index (χ4n) is 3.19. The number of hydrogen-bond donors (Lipinski definition) is 1. The van der Waals surface area contributed by atoms with Gasteiger partial charge in [-0.1, -0.05) is 18.2 Å². The average Bonchev–Trinajstić information content (AvgIpc) is 3.11. The molecule has 9 nitrogen and oxygen atoms in total. The van der Waals surface area contributed by atoms with Crippen molar-refractivity contribution >= 4 is 46.3 Å². The number of nitrogens with zero attached hydrogens (tertiary/aromatic N) is 3. The summed E-state index contributed by atoms with van der Waals surface area (Å²) in [5.74, 6) is -0.684. The van der Waals surface area contributed by atoms with E-state index in [1.807, 2.05) is 18.2 Å². The Kier molecular flexibility index (Phi) is 6.93. The van der Waals surface area contributed by atoms with Gasteiger partial charge in [-0.2, -0.15) is 0 Å². The van der Waals surface area contributed by atoms with Crippen LogP contribution in [0.5, 0.6) is 5.75 Å². The van der Waals surface area contributed by atoms with Crippen molar-refractivity contribution in [3.63, 3.8) is 0 Å². The smallest absolute Gasteiger partial charge is 0.335 e. The van der Waals surface area contributed by atoms with E-state index >= 15 is 0 Å². The zero-order valence-electron chi connectivity index (χ0n) is 18.5. The number of carbonyl (C=O) groups excluding carboxylic acids is 1. The topological polar surface area (TPSA) is 122 Å². The molecule has 0 radical (unpaired) electrons. The number of nitro benzene ring substituents is 1. The predicted molar refractivity (Wildman–Crippen MR) is 133 cm³/mol. The molecule has 0 atom stereocenters. The number of amidine groups is 1. The second-order valence-electron chi connectivity index (χ2n) is 7.47. The van der Waals surface area contributed by atoms with Gasteiger partial charge in [0.15, 0.2) is 5.17 Å². The molecule has 3 aromatic carbocycles. The summed E-state index contributed by atoms with van der Waals surface area (Å²) in [6, 6.07) is 19.4. The average molecular weight is 490 g/mol. The normalized spacial score (nSPS) is 15.6. The molecule has 1 saturated heterocycles. The summed E-state index contributed by atoms with van der Waals surface area (Å²) in [5, 5.41) is 20.3. The van der Waals surface area contributed by atoms with E-state index in [1.165, 1.54) is 40.9 Å². The second-order valence-corrected chi connectivity index (χ2v) is 8.48. The highest BCUT2D eigenvalue weighted by atomic mass is 32.2. The van der Waals surface area contributed by atoms with Gasteiger partial charge in [-0.3, -0.25) is 19.8 Å². The number of non-ortho nitro benzene ring substituents is 1. The van der Waals surface area contributed by atoms with E-state index in [2.05, 4.69) is 4.99 Å². The number of carbonyl (C=O) groups is 2. The fraction of sp³-hybridized carbons (Fsp3) is 0.0800. The number of likely N-dealkylation sites (N-methyl/N-ethyl adjacent to an activating group) is 1. The lowest BCUT2D eigenvalue weighted by molar-refractivity contribution is -0.384. The van der Waals surface area contributed by atoms with Crippen LogP contribution in [-0.2, 0) is 11.4 Å². The van der Waals surface area contributed by atoms with Crippen molar-refractivity contribution in [3.05, 3.63) is 105 Å². The number of aromatic carboxylic acids is 1. The highest BCUT2D eigenvalue weighted by Gasteiger charge is 2.30. The number of rotatable bonds is 7. The van der Waals surface area contributed by atoms with E-state index in [0.29, 0.717) is 27.1 Å². The minimum atomic E-state index is -1.02. The molecule has 1 heterocycles.